The summed E-state index contributed by atoms with van der Waals surface area (Å²) < 4.78 is 0. The summed E-state index contributed by atoms with van der Waals surface area (Å²) >= 11 is 0. The van der Waals surface area contributed by atoms with Gasteiger partial charge in [0.15, 0.2) is 0 Å². The van der Waals surface area contributed by atoms with Gasteiger partial charge in [-0.25, -0.2) is 0 Å². The summed E-state index contributed by atoms with van der Waals surface area (Å²) in [6, 6.07) is 11.5. The Kier molecular flexibility index (Phi) is 6.10. The average molecular weight is 271 g/mol. The van der Waals surface area contributed by atoms with Crippen LogP contribution >= 0.6 is 0 Å². The topological polar surface area (TPSA) is 72.9 Å². The molecule has 0 amide bonds. The average Bonchev–Trinajstić information content (AvgIpc) is 2.49. The molecular formula is C15H19N4O-. The van der Waals surface area contributed by atoms with Crippen molar-refractivity contribution in [3.05, 3.63) is 60.2 Å². The highest BCUT2D eigenvalue weighted by Gasteiger charge is 1.97. The van der Waals surface area contributed by atoms with Crippen LogP contribution in [-0.4, -0.2) is 29.2 Å². The van der Waals surface area contributed by atoms with E-state index in [4.69, 9.17) is 0 Å². The molecule has 0 aliphatic heterocycles. The molecule has 5 heteroatoms. The molecule has 0 aliphatic carbocycles. The van der Waals surface area contributed by atoms with Crippen molar-refractivity contribution in [3.63, 3.8) is 0 Å². The Hall–Kier alpha value is -1.82. The molecule has 0 aliphatic rings. The molecule has 0 aromatic carbocycles. The lowest BCUT2D eigenvalue weighted by atomic mass is 10.3. The zero-order valence-corrected chi connectivity index (χ0v) is 11.3. The Bertz CT molecular complexity index is 432. The number of hydrogen-bond donors (Lipinski definition) is 2. The smallest absolute Gasteiger partial charge is 0.0541 e. The number of nitrogens with one attached hydrogen (secondary N) is 2. The van der Waals surface area contributed by atoms with E-state index in [0.717, 1.165) is 11.4 Å². The number of rotatable bonds is 8. The van der Waals surface area contributed by atoms with Crippen LogP contribution in [0.4, 0.5) is 0 Å². The monoisotopic (exact) mass is 271 g/mol. The van der Waals surface area contributed by atoms with Crippen LogP contribution in [-0.2, 0) is 13.1 Å². The molecule has 0 atom stereocenters. The van der Waals surface area contributed by atoms with Crippen molar-refractivity contribution < 1.29 is 5.11 Å². The Balaban J connectivity index is 1.58. The minimum Gasteiger partial charge on any atom is -0.850 e. The Morgan fingerprint density at radius 3 is 1.75 bits per heavy atom. The number of aromatic nitrogens is 2. The van der Waals surface area contributed by atoms with E-state index in [1.807, 2.05) is 36.4 Å². The second-order valence-corrected chi connectivity index (χ2v) is 4.53. The van der Waals surface area contributed by atoms with Gasteiger partial charge < -0.3 is 15.7 Å². The molecule has 0 bridgehead atoms. The predicted octanol–water partition coefficient (Wildman–Crippen LogP) is 0.0849. The van der Waals surface area contributed by atoms with Crippen LogP contribution in [0, 0.1) is 0 Å². The van der Waals surface area contributed by atoms with Gasteiger partial charge in [0.25, 0.3) is 0 Å². The lowest BCUT2D eigenvalue weighted by molar-refractivity contribution is -0.415. The second kappa shape index (κ2) is 8.37. The van der Waals surface area contributed by atoms with Crippen molar-refractivity contribution in [1.29, 1.82) is 0 Å². The molecule has 5 nitrogen and oxygen atoms in total. The summed E-state index contributed by atoms with van der Waals surface area (Å²) in [6.45, 7) is 2.09. The Morgan fingerprint density at radius 2 is 1.35 bits per heavy atom. The summed E-state index contributed by atoms with van der Waals surface area (Å²) in [5, 5.41) is 18.0. The largest absolute Gasteiger partial charge is 0.850 e. The fraction of sp³-hybridized carbons (Fsp3) is 0.333. The molecule has 2 aromatic heterocycles. The molecule has 2 N–H and O–H groups in total. The van der Waals surface area contributed by atoms with E-state index < -0.39 is 6.10 Å². The first-order chi connectivity index (χ1) is 9.84. The van der Waals surface area contributed by atoms with E-state index in [1.54, 1.807) is 12.4 Å². The predicted molar refractivity (Wildman–Crippen MR) is 75.7 cm³/mol. The molecule has 2 heterocycles. The zero-order valence-electron chi connectivity index (χ0n) is 11.3. The van der Waals surface area contributed by atoms with E-state index in [2.05, 4.69) is 20.6 Å². The van der Waals surface area contributed by atoms with Crippen LogP contribution in [0.15, 0.2) is 48.8 Å². The fourth-order valence-electron chi connectivity index (χ4n) is 1.80. The lowest BCUT2D eigenvalue weighted by Gasteiger charge is -2.22. The number of pyridine rings is 2. The molecule has 20 heavy (non-hydrogen) atoms. The minimum absolute atomic E-state index is 0.422. The normalized spacial score (nSPS) is 10.9. The third kappa shape index (κ3) is 5.44. The van der Waals surface area contributed by atoms with Crippen LogP contribution < -0.4 is 15.7 Å². The van der Waals surface area contributed by atoms with Crippen molar-refractivity contribution in [2.24, 2.45) is 0 Å². The van der Waals surface area contributed by atoms with Gasteiger partial charge in [-0.3, -0.25) is 9.97 Å². The van der Waals surface area contributed by atoms with E-state index in [9.17, 15) is 5.11 Å². The summed E-state index contributed by atoms with van der Waals surface area (Å²) in [4.78, 5) is 8.38. The highest BCUT2D eigenvalue weighted by atomic mass is 16.3. The van der Waals surface area contributed by atoms with Gasteiger partial charge in [-0.1, -0.05) is 12.1 Å². The van der Waals surface area contributed by atoms with Gasteiger partial charge in [-0.05, 0) is 37.4 Å². The molecule has 106 valence electrons. The van der Waals surface area contributed by atoms with Crippen molar-refractivity contribution in [2.45, 2.75) is 19.2 Å². The maximum Gasteiger partial charge on any atom is 0.0541 e. The maximum absolute atomic E-state index is 11.7. The van der Waals surface area contributed by atoms with Crippen LogP contribution in [0.2, 0.25) is 0 Å². The van der Waals surface area contributed by atoms with Crippen molar-refractivity contribution in [1.82, 2.24) is 20.6 Å². The van der Waals surface area contributed by atoms with E-state index in [0.29, 0.717) is 26.2 Å². The van der Waals surface area contributed by atoms with Crippen molar-refractivity contribution >= 4 is 0 Å². The Labute approximate surface area is 119 Å². The van der Waals surface area contributed by atoms with Gasteiger partial charge in [0.1, 0.15) is 0 Å². The van der Waals surface area contributed by atoms with Gasteiger partial charge in [-0.15, -0.1) is 6.10 Å². The highest BCUT2D eigenvalue weighted by Crippen LogP contribution is 1.93. The van der Waals surface area contributed by atoms with Gasteiger partial charge in [0, 0.05) is 25.5 Å². The molecule has 2 aromatic rings. The first-order valence-electron chi connectivity index (χ1n) is 6.71. The van der Waals surface area contributed by atoms with E-state index in [1.165, 1.54) is 0 Å². The number of hydrogen-bond acceptors (Lipinski definition) is 5. The molecule has 0 saturated carbocycles. The quantitative estimate of drug-likeness (QED) is 0.711. The van der Waals surface area contributed by atoms with Gasteiger partial charge in [-0.2, -0.15) is 0 Å². The number of nitrogens with zero attached hydrogens (tertiary/aromatic N) is 2. The van der Waals surface area contributed by atoms with Crippen LogP contribution in [0.1, 0.15) is 11.4 Å². The van der Waals surface area contributed by atoms with Crippen molar-refractivity contribution in [3.8, 4) is 0 Å². The fourth-order valence-corrected chi connectivity index (χ4v) is 1.80. The van der Waals surface area contributed by atoms with E-state index >= 15 is 0 Å². The molecule has 0 saturated heterocycles. The third-order valence-electron chi connectivity index (χ3n) is 2.81. The first-order valence-corrected chi connectivity index (χ1v) is 6.71. The van der Waals surface area contributed by atoms with Crippen LogP contribution in [0.3, 0.4) is 0 Å². The highest BCUT2D eigenvalue weighted by molar-refractivity contribution is 5.03. The van der Waals surface area contributed by atoms with Crippen LogP contribution in [0.25, 0.3) is 0 Å². The minimum atomic E-state index is -0.678. The van der Waals surface area contributed by atoms with Crippen molar-refractivity contribution in [2.75, 3.05) is 13.1 Å². The van der Waals surface area contributed by atoms with Gasteiger partial charge >= 0.3 is 0 Å². The van der Waals surface area contributed by atoms with Gasteiger partial charge in [0.2, 0.25) is 0 Å². The molecule has 0 spiro atoms. The SMILES string of the molecule is [O-]C(CNCc1ccccn1)CNCc1ccccn1. The molecule has 0 unspecified atom stereocenters. The molecular weight excluding hydrogens is 252 g/mol. The summed E-state index contributed by atoms with van der Waals surface area (Å²) in [7, 11) is 0. The first kappa shape index (κ1) is 14.6. The zero-order chi connectivity index (χ0) is 14.0. The van der Waals surface area contributed by atoms with Gasteiger partial charge in [0.05, 0.1) is 11.4 Å². The summed E-state index contributed by atoms with van der Waals surface area (Å²) in [5.41, 5.74) is 1.89. The second-order valence-electron chi connectivity index (χ2n) is 4.53. The lowest BCUT2D eigenvalue weighted by Crippen LogP contribution is -2.44. The summed E-state index contributed by atoms with van der Waals surface area (Å²) in [5.74, 6) is 0. The van der Waals surface area contributed by atoms with Crippen LogP contribution in [0.5, 0.6) is 0 Å². The molecule has 2 rings (SSSR count). The molecule has 0 fully saturated rings. The third-order valence-corrected chi connectivity index (χ3v) is 2.81. The van der Waals surface area contributed by atoms with E-state index in [-0.39, 0.29) is 0 Å². The maximum atomic E-state index is 11.7. The Morgan fingerprint density at radius 1 is 0.850 bits per heavy atom. The molecule has 0 radical (unpaired) electrons. The standard InChI is InChI=1S/C15H19N4O/c20-15(11-16-9-13-5-1-3-7-18-13)12-17-10-14-6-2-4-8-19-14/h1-8,15-17H,9-12H2/q-1. The summed E-state index contributed by atoms with van der Waals surface area (Å²) in [6.07, 6.45) is 2.82.